The molecule has 160 valence electrons. The van der Waals surface area contributed by atoms with E-state index in [1.165, 1.54) is 45.8 Å². The van der Waals surface area contributed by atoms with Crippen LogP contribution >= 0.6 is 0 Å². The molecule has 4 nitrogen and oxygen atoms in total. The summed E-state index contributed by atoms with van der Waals surface area (Å²) < 4.78 is 0. The molecule has 0 spiro atoms. The van der Waals surface area contributed by atoms with Crippen molar-refractivity contribution < 1.29 is 0 Å². The molecule has 0 radical (unpaired) electrons. The van der Waals surface area contributed by atoms with Gasteiger partial charge >= 0.3 is 0 Å². The molecule has 1 fully saturated rings. The highest BCUT2D eigenvalue weighted by atomic mass is 16.1. The Morgan fingerprint density at radius 2 is 1.81 bits per heavy atom. The molecule has 1 aliphatic heterocycles. The highest BCUT2D eigenvalue weighted by molar-refractivity contribution is 5.84. The lowest BCUT2D eigenvalue weighted by Gasteiger charge is -2.32. The second-order valence-electron chi connectivity index (χ2n) is 9.27. The normalized spacial score (nSPS) is 16.0. The maximum absolute atomic E-state index is 12.2. The Bertz CT molecular complexity index is 1260. The number of piperidine rings is 1. The number of fused-ring (bicyclic) bond motifs is 2. The van der Waals surface area contributed by atoms with Crippen LogP contribution in [0.5, 0.6) is 0 Å². The van der Waals surface area contributed by atoms with Crippen molar-refractivity contribution in [2.75, 3.05) is 19.6 Å². The second kappa shape index (κ2) is 8.35. The molecule has 0 aliphatic carbocycles. The van der Waals surface area contributed by atoms with Gasteiger partial charge in [0.15, 0.2) is 0 Å². The highest BCUT2D eigenvalue weighted by Crippen LogP contribution is 2.33. The van der Waals surface area contributed by atoms with Crippen LogP contribution in [0.25, 0.3) is 21.8 Å². The number of rotatable bonds is 5. The van der Waals surface area contributed by atoms with Gasteiger partial charge in [0, 0.05) is 40.6 Å². The summed E-state index contributed by atoms with van der Waals surface area (Å²) in [6.07, 6.45) is 5.50. The minimum Gasteiger partial charge on any atom is -0.361 e. The summed E-state index contributed by atoms with van der Waals surface area (Å²) >= 11 is 0. The molecule has 0 amide bonds. The summed E-state index contributed by atoms with van der Waals surface area (Å²) in [4.78, 5) is 21.2. The highest BCUT2D eigenvalue weighted by Gasteiger charge is 2.22. The van der Waals surface area contributed by atoms with Gasteiger partial charge in [-0.05, 0) is 79.1 Å². The van der Waals surface area contributed by atoms with Crippen LogP contribution in [0.4, 0.5) is 0 Å². The maximum atomic E-state index is 12.2. The van der Waals surface area contributed by atoms with Crippen molar-refractivity contribution in [2.45, 2.75) is 44.9 Å². The first kappa shape index (κ1) is 20.1. The zero-order valence-corrected chi connectivity index (χ0v) is 18.4. The van der Waals surface area contributed by atoms with E-state index in [0.717, 1.165) is 31.6 Å². The van der Waals surface area contributed by atoms with Crippen molar-refractivity contribution in [1.29, 1.82) is 0 Å². The minimum atomic E-state index is -0.00200. The van der Waals surface area contributed by atoms with Gasteiger partial charge in [0.1, 0.15) is 0 Å². The first-order valence-electron chi connectivity index (χ1n) is 11.5. The molecule has 4 aromatic rings. The number of likely N-dealkylation sites (tertiary alicyclic amines) is 1. The number of nitrogens with zero attached hydrogens (tertiary/aromatic N) is 1. The average Bonchev–Trinajstić information content (AvgIpc) is 3.21. The van der Waals surface area contributed by atoms with E-state index in [9.17, 15) is 4.79 Å². The molecule has 1 aliphatic rings. The number of nitrogens with one attached hydrogen (secondary N) is 2. The van der Waals surface area contributed by atoms with E-state index in [-0.39, 0.29) is 5.56 Å². The topological polar surface area (TPSA) is 51.9 Å². The van der Waals surface area contributed by atoms with Crippen LogP contribution in [-0.2, 0) is 6.42 Å². The van der Waals surface area contributed by atoms with Crippen LogP contribution in [0, 0.1) is 0 Å². The summed E-state index contributed by atoms with van der Waals surface area (Å²) in [5.74, 6) is 1.11. The number of H-pyrrole nitrogens is 2. The monoisotopic (exact) mass is 413 g/mol. The molecule has 2 N–H and O–H groups in total. The fourth-order valence-electron chi connectivity index (χ4n) is 5.09. The fourth-order valence-corrected chi connectivity index (χ4v) is 5.09. The van der Waals surface area contributed by atoms with Crippen LogP contribution in [0.15, 0.2) is 59.5 Å². The standard InChI is InChI=1S/C27H31N3O/c1-18(2)20-7-8-26-23(15-20)21(16-27(31)29-26)11-14-30-12-9-19(10-13-30)24-17-28-25-6-4-3-5-22(24)25/h3-8,15-19,28H,9-14H2,1-2H3,(H,29,31). The van der Waals surface area contributed by atoms with E-state index in [4.69, 9.17) is 0 Å². The zero-order valence-electron chi connectivity index (χ0n) is 18.4. The average molecular weight is 414 g/mol. The van der Waals surface area contributed by atoms with Gasteiger partial charge in [-0.1, -0.05) is 38.1 Å². The molecule has 0 bridgehead atoms. The molecule has 2 aromatic heterocycles. The van der Waals surface area contributed by atoms with Gasteiger partial charge in [-0.3, -0.25) is 4.79 Å². The Labute approximate surface area is 183 Å². The third-order valence-electron chi connectivity index (χ3n) is 6.97. The lowest BCUT2D eigenvalue weighted by atomic mass is 9.89. The lowest BCUT2D eigenvalue weighted by molar-refractivity contribution is 0.215. The molecule has 4 heteroatoms. The maximum Gasteiger partial charge on any atom is 0.248 e. The number of aromatic amines is 2. The summed E-state index contributed by atoms with van der Waals surface area (Å²) in [7, 11) is 0. The number of pyridine rings is 1. The van der Waals surface area contributed by atoms with E-state index in [1.807, 2.05) is 0 Å². The van der Waals surface area contributed by atoms with Crippen molar-refractivity contribution >= 4 is 21.8 Å². The zero-order chi connectivity index (χ0) is 21.4. The number of benzene rings is 2. The van der Waals surface area contributed by atoms with Gasteiger partial charge in [-0.2, -0.15) is 0 Å². The van der Waals surface area contributed by atoms with Crippen LogP contribution < -0.4 is 5.56 Å². The molecule has 31 heavy (non-hydrogen) atoms. The molecule has 1 saturated heterocycles. The molecule has 0 atom stereocenters. The Morgan fingerprint density at radius 1 is 1.00 bits per heavy atom. The predicted octanol–water partition coefficient (Wildman–Crippen LogP) is 5.55. The van der Waals surface area contributed by atoms with Crippen LogP contribution in [-0.4, -0.2) is 34.5 Å². The summed E-state index contributed by atoms with van der Waals surface area (Å²) in [5.41, 5.74) is 6.14. The van der Waals surface area contributed by atoms with E-state index in [1.54, 1.807) is 6.07 Å². The summed E-state index contributed by atoms with van der Waals surface area (Å²) in [6.45, 7) is 7.66. The van der Waals surface area contributed by atoms with Crippen LogP contribution in [0.1, 0.15) is 55.2 Å². The second-order valence-corrected chi connectivity index (χ2v) is 9.27. The summed E-state index contributed by atoms with van der Waals surface area (Å²) in [5, 5.41) is 2.57. The predicted molar refractivity (Wildman–Crippen MR) is 129 cm³/mol. The Morgan fingerprint density at radius 3 is 2.61 bits per heavy atom. The number of para-hydroxylation sites is 1. The smallest absolute Gasteiger partial charge is 0.248 e. The van der Waals surface area contributed by atoms with Crippen LogP contribution in [0.2, 0.25) is 0 Å². The van der Waals surface area contributed by atoms with Crippen molar-refractivity contribution in [2.24, 2.45) is 0 Å². The van der Waals surface area contributed by atoms with Crippen LogP contribution in [0.3, 0.4) is 0 Å². The van der Waals surface area contributed by atoms with Gasteiger partial charge in [0.05, 0.1) is 0 Å². The first-order chi connectivity index (χ1) is 15.1. The molecule has 2 aromatic carbocycles. The molecule has 0 unspecified atom stereocenters. The van der Waals surface area contributed by atoms with E-state index in [0.29, 0.717) is 11.8 Å². The number of hydrogen-bond acceptors (Lipinski definition) is 2. The Kier molecular flexibility index (Phi) is 5.41. The molecular weight excluding hydrogens is 382 g/mol. The van der Waals surface area contributed by atoms with Gasteiger partial charge in [-0.15, -0.1) is 0 Å². The minimum absolute atomic E-state index is 0.00200. The lowest BCUT2D eigenvalue weighted by Crippen LogP contribution is -2.34. The SMILES string of the molecule is CC(C)c1ccc2[nH]c(=O)cc(CCN3CCC(c4c[nH]c5ccccc45)CC3)c2c1. The third kappa shape index (κ3) is 4.05. The largest absolute Gasteiger partial charge is 0.361 e. The van der Waals surface area contributed by atoms with E-state index < -0.39 is 0 Å². The van der Waals surface area contributed by atoms with Crippen molar-refractivity contribution in [3.05, 3.63) is 81.8 Å². The Balaban J connectivity index is 1.28. The van der Waals surface area contributed by atoms with E-state index >= 15 is 0 Å². The molecule has 0 saturated carbocycles. The summed E-state index contributed by atoms with van der Waals surface area (Å²) in [6, 6.07) is 16.9. The Hall–Kier alpha value is -2.85. The quantitative estimate of drug-likeness (QED) is 0.450. The number of aromatic nitrogens is 2. The van der Waals surface area contributed by atoms with E-state index in [2.05, 4.69) is 77.4 Å². The van der Waals surface area contributed by atoms with Gasteiger partial charge in [0.2, 0.25) is 5.56 Å². The number of hydrogen-bond donors (Lipinski definition) is 2. The van der Waals surface area contributed by atoms with Crippen molar-refractivity contribution in [1.82, 2.24) is 14.9 Å². The fraction of sp³-hybridized carbons (Fsp3) is 0.370. The molecule has 5 rings (SSSR count). The molecular formula is C27H31N3O. The van der Waals surface area contributed by atoms with Crippen molar-refractivity contribution in [3.63, 3.8) is 0 Å². The van der Waals surface area contributed by atoms with Gasteiger partial charge in [-0.25, -0.2) is 0 Å². The molecule has 3 heterocycles. The first-order valence-corrected chi connectivity index (χ1v) is 11.5. The van der Waals surface area contributed by atoms with Crippen molar-refractivity contribution in [3.8, 4) is 0 Å². The third-order valence-corrected chi connectivity index (χ3v) is 6.97. The van der Waals surface area contributed by atoms with Gasteiger partial charge < -0.3 is 14.9 Å². The van der Waals surface area contributed by atoms with Gasteiger partial charge in [0.25, 0.3) is 0 Å².